The summed E-state index contributed by atoms with van der Waals surface area (Å²) in [6, 6.07) is 12.4. The van der Waals surface area contributed by atoms with Crippen LogP contribution in [0, 0.1) is 0 Å². The number of amides is 1. The number of nitrogens with one attached hydrogen (secondary N) is 1. The smallest absolute Gasteiger partial charge is 0.270 e. The van der Waals surface area contributed by atoms with Gasteiger partial charge in [0.1, 0.15) is 0 Å². The van der Waals surface area contributed by atoms with Crippen LogP contribution in [0.5, 0.6) is 11.5 Å². The molecule has 0 bridgehead atoms. The number of carbonyl (C=O) groups is 1. The van der Waals surface area contributed by atoms with Crippen LogP contribution in [-0.2, 0) is 14.8 Å². The number of ether oxygens (including phenoxy) is 2. The molecule has 1 aliphatic rings. The summed E-state index contributed by atoms with van der Waals surface area (Å²) < 4.78 is 38.7. The normalized spacial score (nSPS) is 16.0. The van der Waals surface area contributed by atoms with Gasteiger partial charge in [-0.1, -0.05) is 30.3 Å². The summed E-state index contributed by atoms with van der Waals surface area (Å²) in [5.74, 6) is 0.245. The minimum atomic E-state index is -4.04. The quantitative estimate of drug-likeness (QED) is 0.758. The minimum Gasteiger partial charge on any atom is -0.493 e. The standard InChI is InChI=1S/C22H26N2O5S/c1-6-24-18-13-20(29-5)19(28-4)12-17(18)14(2)21(30(24,26)27)22(25)23-15(3)16-10-8-7-9-11-16/h7-13,15H,6H2,1-5H3,(H,23,25). The van der Waals surface area contributed by atoms with Crippen LogP contribution >= 0.6 is 0 Å². The van der Waals surface area contributed by atoms with Crippen LogP contribution in [0.4, 0.5) is 5.69 Å². The van der Waals surface area contributed by atoms with Gasteiger partial charge in [0.15, 0.2) is 16.4 Å². The largest absolute Gasteiger partial charge is 0.493 e. The van der Waals surface area contributed by atoms with E-state index < -0.39 is 15.9 Å². The van der Waals surface area contributed by atoms with Gasteiger partial charge in [0.05, 0.1) is 25.9 Å². The number of fused-ring (bicyclic) bond motifs is 1. The molecule has 8 heteroatoms. The van der Waals surface area contributed by atoms with Crippen molar-refractivity contribution in [1.82, 2.24) is 5.32 Å². The number of methoxy groups -OCH3 is 2. The second kappa shape index (κ2) is 8.39. The van der Waals surface area contributed by atoms with Gasteiger partial charge in [0, 0.05) is 18.2 Å². The molecule has 0 radical (unpaired) electrons. The zero-order chi connectivity index (χ0) is 22.1. The molecule has 1 atom stereocenters. The Labute approximate surface area is 177 Å². The van der Waals surface area contributed by atoms with Gasteiger partial charge >= 0.3 is 0 Å². The van der Waals surface area contributed by atoms with E-state index in [1.165, 1.54) is 18.5 Å². The highest BCUT2D eigenvalue weighted by molar-refractivity contribution is 7.97. The molecule has 0 spiro atoms. The Morgan fingerprint density at radius 2 is 1.70 bits per heavy atom. The van der Waals surface area contributed by atoms with Crippen LogP contribution in [0.3, 0.4) is 0 Å². The Balaban J connectivity index is 2.12. The number of sulfonamides is 1. The number of hydrogen-bond donors (Lipinski definition) is 1. The van der Waals surface area contributed by atoms with Crippen molar-refractivity contribution in [3.8, 4) is 11.5 Å². The predicted octanol–water partition coefficient (Wildman–Crippen LogP) is 3.48. The molecule has 3 rings (SSSR count). The summed E-state index contributed by atoms with van der Waals surface area (Å²) in [4.78, 5) is 12.9. The van der Waals surface area contributed by atoms with E-state index in [2.05, 4.69) is 5.32 Å². The molecule has 2 aromatic carbocycles. The van der Waals surface area contributed by atoms with Crippen molar-refractivity contribution in [3.63, 3.8) is 0 Å². The fourth-order valence-electron chi connectivity index (χ4n) is 3.65. The van der Waals surface area contributed by atoms with Gasteiger partial charge in [-0.2, -0.15) is 0 Å². The maximum atomic E-state index is 13.4. The van der Waals surface area contributed by atoms with Crippen molar-refractivity contribution in [2.45, 2.75) is 26.8 Å². The first-order valence-electron chi connectivity index (χ1n) is 9.62. The molecule has 7 nitrogen and oxygen atoms in total. The van der Waals surface area contributed by atoms with Crippen LogP contribution in [0.25, 0.3) is 5.57 Å². The van der Waals surface area contributed by atoms with E-state index in [9.17, 15) is 13.2 Å². The van der Waals surface area contributed by atoms with Gasteiger partial charge in [0.2, 0.25) is 0 Å². The molecule has 1 unspecified atom stereocenters. The van der Waals surface area contributed by atoms with Gasteiger partial charge in [-0.3, -0.25) is 9.10 Å². The lowest BCUT2D eigenvalue weighted by Crippen LogP contribution is -2.41. The van der Waals surface area contributed by atoms with Gasteiger partial charge < -0.3 is 14.8 Å². The monoisotopic (exact) mass is 430 g/mol. The summed E-state index contributed by atoms with van der Waals surface area (Å²) in [7, 11) is -1.04. The SMILES string of the molecule is CCN1c2cc(OC)c(OC)cc2C(C)=C(C(=O)NC(C)c2ccccc2)S1(=O)=O. The molecule has 0 aliphatic carbocycles. The van der Waals surface area contributed by atoms with Gasteiger partial charge in [-0.05, 0) is 38.0 Å². The number of rotatable bonds is 6. The fourth-order valence-corrected chi connectivity index (χ4v) is 5.41. The molecular weight excluding hydrogens is 404 g/mol. The number of nitrogens with zero attached hydrogens (tertiary/aromatic N) is 1. The first-order chi connectivity index (χ1) is 14.3. The van der Waals surface area contributed by atoms with Crippen molar-refractivity contribution >= 4 is 27.2 Å². The van der Waals surface area contributed by atoms with Crippen molar-refractivity contribution in [3.05, 3.63) is 58.5 Å². The summed E-state index contributed by atoms with van der Waals surface area (Å²) in [6.45, 7) is 5.35. The molecule has 30 heavy (non-hydrogen) atoms. The number of anilines is 1. The molecule has 1 heterocycles. The maximum Gasteiger partial charge on any atom is 0.270 e. The average molecular weight is 431 g/mol. The van der Waals surface area contributed by atoms with E-state index in [0.717, 1.165) is 5.56 Å². The van der Waals surface area contributed by atoms with Crippen molar-refractivity contribution in [2.24, 2.45) is 0 Å². The van der Waals surface area contributed by atoms with E-state index in [1.807, 2.05) is 37.3 Å². The zero-order valence-electron chi connectivity index (χ0n) is 17.7. The van der Waals surface area contributed by atoms with E-state index >= 15 is 0 Å². The maximum absolute atomic E-state index is 13.4. The Hall–Kier alpha value is -3.00. The highest BCUT2D eigenvalue weighted by Gasteiger charge is 2.40. The molecule has 2 aromatic rings. The van der Waals surface area contributed by atoms with Crippen molar-refractivity contribution in [1.29, 1.82) is 0 Å². The number of allylic oxidation sites excluding steroid dienone is 1. The molecule has 1 amide bonds. The Morgan fingerprint density at radius 3 is 2.27 bits per heavy atom. The summed E-state index contributed by atoms with van der Waals surface area (Å²) >= 11 is 0. The molecule has 1 N–H and O–H groups in total. The molecular formula is C22H26N2O5S. The number of carbonyl (C=O) groups excluding carboxylic acids is 1. The van der Waals surface area contributed by atoms with E-state index in [0.29, 0.717) is 28.3 Å². The lowest BCUT2D eigenvalue weighted by molar-refractivity contribution is -0.117. The third-order valence-electron chi connectivity index (χ3n) is 5.20. The summed E-state index contributed by atoms with van der Waals surface area (Å²) in [5.41, 5.74) is 2.33. The number of hydrogen-bond acceptors (Lipinski definition) is 5. The molecule has 160 valence electrons. The first-order valence-corrected chi connectivity index (χ1v) is 11.1. The Bertz CT molecular complexity index is 1090. The molecule has 0 fully saturated rings. The third-order valence-corrected chi connectivity index (χ3v) is 7.25. The van der Waals surface area contributed by atoms with Crippen LogP contribution in [0.15, 0.2) is 47.4 Å². The highest BCUT2D eigenvalue weighted by atomic mass is 32.2. The predicted molar refractivity (Wildman–Crippen MR) is 117 cm³/mol. The first kappa shape index (κ1) is 21.7. The third kappa shape index (κ3) is 3.63. The molecule has 0 aromatic heterocycles. The van der Waals surface area contributed by atoms with Crippen LogP contribution in [0.1, 0.15) is 37.9 Å². The topological polar surface area (TPSA) is 84.9 Å². The van der Waals surface area contributed by atoms with Gasteiger partial charge in [-0.15, -0.1) is 0 Å². The average Bonchev–Trinajstić information content (AvgIpc) is 2.73. The van der Waals surface area contributed by atoms with Crippen LogP contribution in [0.2, 0.25) is 0 Å². The zero-order valence-corrected chi connectivity index (χ0v) is 18.5. The second-order valence-electron chi connectivity index (χ2n) is 6.95. The van der Waals surface area contributed by atoms with E-state index in [-0.39, 0.29) is 17.5 Å². The fraction of sp³-hybridized carbons (Fsp3) is 0.318. The molecule has 0 saturated carbocycles. The van der Waals surface area contributed by atoms with E-state index in [1.54, 1.807) is 26.0 Å². The summed E-state index contributed by atoms with van der Waals surface area (Å²) in [6.07, 6.45) is 0. The van der Waals surface area contributed by atoms with E-state index in [4.69, 9.17) is 9.47 Å². The van der Waals surface area contributed by atoms with Gasteiger partial charge in [0.25, 0.3) is 15.9 Å². The number of benzene rings is 2. The van der Waals surface area contributed by atoms with Crippen molar-refractivity contribution in [2.75, 3.05) is 25.1 Å². The van der Waals surface area contributed by atoms with Crippen LogP contribution in [-0.4, -0.2) is 35.1 Å². The lowest BCUT2D eigenvalue weighted by atomic mass is 10.0. The molecule has 0 saturated heterocycles. The lowest BCUT2D eigenvalue weighted by Gasteiger charge is -2.32. The minimum absolute atomic E-state index is 0.170. The highest BCUT2D eigenvalue weighted by Crippen LogP contribution is 2.44. The van der Waals surface area contributed by atoms with Crippen molar-refractivity contribution < 1.29 is 22.7 Å². The Morgan fingerprint density at radius 1 is 1.10 bits per heavy atom. The molecule has 1 aliphatic heterocycles. The summed E-state index contributed by atoms with van der Waals surface area (Å²) in [5, 5.41) is 2.82. The Kier molecular flexibility index (Phi) is 6.07. The second-order valence-corrected chi connectivity index (χ2v) is 8.75. The van der Waals surface area contributed by atoms with Crippen LogP contribution < -0.4 is 19.1 Å². The van der Waals surface area contributed by atoms with Gasteiger partial charge in [-0.25, -0.2) is 8.42 Å².